The molecule has 0 bridgehead atoms. The Morgan fingerprint density at radius 1 is 0.897 bits per heavy atom. The van der Waals surface area contributed by atoms with Crippen molar-refractivity contribution < 1.29 is 27.9 Å². The molecule has 0 aromatic heterocycles. The summed E-state index contributed by atoms with van der Waals surface area (Å²) in [6, 6.07) is 19.2. The zero-order chi connectivity index (χ0) is 29.2. The van der Waals surface area contributed by atoms with Crippen LogP contribution in [0.15, 0.2) is 77.7 Å². The van der Waals surface area contributed by atoms with E-state index >= 15 is 0 Å². The van der Waals surface area contributed by atoms with Crippen molar-refractivity contribution in [1.82, 2.24) is 4.90 Å². The van der Waals surface area contributed by atoms with E-state index in [2.05, 4.69) is 0 Å². The second kappa shape index (κ2) is 14.2. The van der Waals surface area contributed by atoms with Crippen molar-refractivity contribution in [3.8, 4) is 0 Å². The largest absolute Gasteiger partial charge is 0.478 e. The highest BCUT2D eigenvalue weighted by molar-refractivity contribution is 7.98. The van der Waals surface area contributed by atoms with Gasteiger partial charge in [-0.15, -0.1) is 11.8 Å². The van der Waals surface area contributed by atoms with Crippen molar-refractivity contribution >= 4 is 23.6 Å². The van der Waals surface area contributed by atoms with Gasteiger partial charge >= 0.3 is 12.1 Å². The lowest BCUT2D eigenvalue weighted by Crippen LogP contribution is -2.31. The highest BCUT2D eigenvalue weighted by atomic mass is 32.2. The predicted octanol–water partition coefficient (Wildman–Crippen LogP) is 7.03. The summed E-state index contributed by atoms with van der Waals surface area (Å²) in [5, 5.41) is 9.30. The topological polar surface area (TPSA) is 83.6 Å². The fourth-order valence-electron chi connectivity index (χ4n) is 3.40. The second-order valence-electron chi connectivity index (χ2n) is 10.0. The van der Waals surface area contributed by atoms with Gasteiger partial charge in [0.2, 0.25) is 5.91 Å². The van der Waals surface area contributed by atoms with Crippen molar-refractivity contribution in [3.05, 3.63) is 101 Å². The van der Waals surface area contributed by atoms with Gasteiger partial charge in [-0.3, -0.25) is 4.79 Å². The molecular weight excluding hydrogens is 525 g/mol. The molecule has 0 radical (unpaired) electrons. The summed E-state index contributed by atoms with van der Waals surface area (Å²) in [6.07, 6.45) is -4.20. The number of likely N-dealkylation sites (N-methyl/N-ethyl adjacent to an activating group) is 1. The fourth-order valence-corrected chi connectivity index (χ4v) is 4.30. The summed E-state index contributed by atoms with van der Waals surface area (Å²) in [5.41, 5.74) is 7.12. The van der Waals surface area contributed by atoms with Crippen LogP contribution in [0.25, 0.3) is 0 Å². The first-order valence-electron chi connectivity index (χ1n) is 12.4. The molecule has 1 amide bonds. The Morgan fingerprint density at radius 2 is 1.44 bits per heavy atom. The molecule has 3 N–H and O–H groups in total. The number of rotatable bonds is 9. The monoisotopic (exact) mass is 560 g/mol. The number of thioether (sulfide) groups is 1. The molecule has 0 saturated carbocycles. The molecule has 3 rings (SSSR count). The van der Waals surface area contributed by atoms with E-state index in [1.54, 1.807) is 29.2 Å². The number of carbonyl (C=O) groups is 2. The van der Waals surface area contributed by atoms with Gasteiger partial charge in [-0.1, -0.05) is 42.5 Å². The van der Waals surface area contributed by atoms with Gasteiger partial charge in [-0.25, -0.2) is 4.79 Å². The zero-order valence-corrected chi connectivity index (χ0v) is 23.4. The van der Waals surface area contributed by atoms with Gasteiger partial charge in [0.1, 0.15) is 0 Å². The van der Waals surface area contributed by atoms with Crippen LogP contribution in [0, 0.1) is 0 Å². The maximum Gasteiger partial charge on any atom is 0.416 e. The van der Waals surface area contributed by atoms with E-state index in [4.69, 9.17) is 5.73 Å². The molecule has 0 aliphatic rings. The summed E-state index contributed by atoms with van der Waals surface area (Å²) < 4.78 is 38.2. The number of amides is 1. The van der Waals surface area contributed by atoms with Crippen LogP contribution in [0.2, 0.25) is 0 Å². The first-order valence-corrected chi connectivity index (χ1v) is 13.4. The Hall–Kier alpha value is -3.30. The van der Waals surface area contributed by atoms with Crippen molar-refractivity contribution in [3.63, 3.8) is 0 Å². The van der Waals surface area contributed by atoms with Crippen LogP contribution in [0.5, 0.6) is 0 Å². The van der Waals surface area contributed by atoms with Crippen molar-refractivity contribution in [2.45, 2.75) is 63.0 Å². The third-order valence-corrected chi connectivity index (χ3v) is 6.37. The lowest BCUT2D eigenvalue weighted by Gasteiger charge is -2.21. The Bertz CT molecular complexity index is 1220. The molecule has 0 spiro atoms. The van der Waals surface area contributed by atoms with Crippen molar-refractivity contribution in [2.75, 3.05) is 6.54 Å². The molecule has 0 fully saturated rings. The minimum absolute atomic E-state index is 0. The smallest absolute Gasteiger partial charge is 0.416 e. The van der Waals surface area contributed by atoms with Crippen molar-refractivity contribution in [2.24, 2.45) is 5.73 Å². The average molecular weight is 561 g/mol. The molecule has 9 heteroatoms. The van der Waals surface area contributed by atoms with Crippen LogP contribution in [0.1, 0.15) is 60.3 Å². The van der Waals surface area contributed by atoms with Crippen LogP contribution in [-0.4, -0.2) is 34.0 Å². The van der Waals surface area contributed by atoms with E-state index in [-0.39, 0.29) is 30.0 Å². The Morgan fingerprint density at radius 3 is 1.95 bits per heavy atom. The number of hydrogen-bond acceptors (Lipinski definition) is 4. The van der Waals surface area contributed by atoms with E-state index in [1.807, 2.05) is 52.0 Å². The molecule has 3 aromatic rings. The average Bonchev–Trinajstić information content (AvgIpc) is 2.85. The summed E-state index contributed by atoms with van der Waals surface area (Å²) in [6.45, 7) is 8.41. The SMILES string of the molecule is CC(C)(C)N.CCN(Cc1ccc(C(F)(F)F)cc1)C(=O)Cc1ccc(SCc2ccccc2C(=O)O)cc1. The summed E-state index contributed by atoms with van der Waals surface area (Å²) in [5.74, 6) is -0.558. The van der Waals surface area contributed by atoms with Gasteiger partial charge in [0.15, 0.2) is 0 Å². The van der Waals surface area contributed by atoms with Gasteiger partial charge in [-0.05, 0) is 74.7 Å². The molecule has 0 saturated heterocycles. The summed E-state index contributed by atoms with van der Waals surface area (Å²) in [7, 11) is 0. The van der Waals surface area contributed by atoms with Crippen LogP contribution in [-0.2, 0) is 29.7 Å². The number of nitrogens with two attached hydrogens (primary N) is 1. The summed E-state index contributed by atoms with van der Waals surface area (Å²) in [4.78, 5) is 26.7. The van der Waals surface area contributed by atoms with Gasteiger partial charge in [0, 0.05) is 29.3 Å². The maximum absolute atomic E-state index is 12.8. The molecule has 3 aromatic carbocycles. The van der Waals surface area contributed by atoms with E-state index in [0.29, 0.717) is 17.9 Å². The summed E-state index contributed by atoms with van der Waals surface area (Å²) >= 11 is 1.51. The first kappa shape index (κ1) is 31.9. The molecule has 0 unspecified atom stereocenters. The van der Waals surface area contributed by atoms with Crippen LogP contribution >= 0.6 is 11.8 Å². The van der Waals surface area contributed by atoms with E-state index in [1.165, 1.54) is 23.9 Å². The van der Waals surface area contributed by atoms with Crippen LogP contribution in [0.4, 0.5) is 13.2 Å². The minimum Gasteiger partial charge on any atom is -0.478 e. The fraction of sp³-hybridized carbons (Fsp3) is 0.333. The highest BCUT2D eigenvalue weighted by Gasteiger charge is 2.30. The number of carboxylic acids is 1. The lowest BCUT2D eigenvalue weighted by atomic mass is 10.1. The van der Waals surface area contributed by atoms with E-state index in [0.717, 1.165) is 28.2 Å². The van der Waals surface area contributed by atoms with Gasteiger partial charge in [0.25, 0.3) is 0 Å². The molecule has 0 heterocycles. The molecule has 0 aliphatic carbocycles. The molecule has 0 atom stereocenters. The van der Waals surface area contributed by atoms with Gasteiger partial charge in [0.05, 0.1) is 17.5 Å². The van der Waals surface area contributed by atoms with Crippen LogP contribution in [0.3, 0.4) is 0 Å². The van der Waals surface area contributed by atoms with Gasteiger partial charge in [-0.2, -0.15) is 13.2 Å². The zero-order valence-electron chi connectivity index (χ0n) is 22.6. The van der Waals surface area contributed by atoms with E-state index in [9.17, 15) is 27.9 Å². The third-order valence-electron chi connectivity index (χ3n) is 5.31. The first-order chi connectivity index (χ1) is 18.2. The molecule has 5 nitrogen and oxygen atoms in total. The Balaban J connectivity index is 0.000000976. The lowest BCUT2D eigenvalue weighted by molar-refractivity contribution is -0.137. The second-order valence-corrected chi connectivity index (χ2v) is 11.1. The molecule has 210 valence electrons. The van der Waals surface area contributed by atoms with Gasteiger partial charge < -0.3 is 15.7 Å². The number of aromatic carboxylic acids is 1. The normalized spacial score (nSPS) is 11.4. The standard InChI is InChI=1S/C26H24F3NO3S.C4H11N/c1-2-30(16-19-7-11-21(12-8-19)26(27,28)29)24(31)15-18-9-13-22(14-10-18)34-17-20-5-3-4-6-23(20)25(32)33;1-4(2,3)5/h3-14H,2,15-17H2,1H3,(H,32,33);5H2,1-3H3. The number of nitrogens with zero attached hydrogens (tertiary/aromatic N) is 1. The quantitative estimate of drug-likeness (QED) is 0.275. The maximum atomic E-state index is 12.8. The van der Waals surface area contributed by atoms with Crippen LogP contribution < -0.4 is 5.73 Å². The number of alkyl halides is 3. The number of benzene rings is 3. The minimum atomic E-state index is -4.39. The van der Waals surface area contributed by atoms with Crippen molar-refractivity contribution in [1.29, 1.82) is 0 Å². The Kier molecular flexibility index (Phi) is 11.6. The third kappa shape index (κ3) is 11.5. The predicted molar refractivity (Wildman–Crippen MR) is 150 cm³/mol. The highest BCUT2D eigenvalue weighted by Crippen LogP contribution is 2.29. The van der Waals surface area contributed by atoms with E-state index < -0.39 is 17.7 Å². The Labute approximate surface area is 232 Å². The number of carbonyl (C=O) groups excluding carboxylic acids is 1. The number of hydrogen-bond donors (Lipinski definition) is 2. The molecular formula is C30H35F3N2O3S. The number of halogens is 3. The number of carboxylic acid groups (broad SMARTS) is 1. The molecule has 39 heavy (non-hydrogen) atoms. The molecule has 0 aliphatic heterocycles.